The molecule has 200 valence electrons. The van der Waals surface area contributed by atoms with Gasteiger partial charge in [-0.3, -0.25) is 9.59 Å². The molecule has 0 saturated heterocycles. The largest absolute Gasteiger partial charge is 0.394 e. The van der Waals surface area contributed by atoms with E-state index >= 15 is 0 Å². The Hall–Kier alpha value is -2.34. The fourth-order valence-corrected chi connectivity index (χ4v) is 5.58. The zero-order chi connectivity index (χ0) is 26.6. The SMILES string of the molecule is CCCCC(CC)CN1c2ccc(C(=O)CC(C)(C)C)c3[nH]cc(c23)C[C@@H](CO)NC(=O)[C@@H]1C(C)C. The molecule has 1 aliphatic rings. The van der Waals surface area contributed by atoms with E-state index in [-0.39, 0.29) is 41.7 Å². The van der Waals surface area contributed by atoms with E-state index in [0.29, 0.717) is 24.3 Å². The number of nitrogens with one attached hydrogen (secondary N) is 2. The number of aliphatic hydroxyl groups is 1. The molecule has 0 fully saturated rings. The number of H-pyrrole nitrogens is 1. The molecule has 3 N–H and O–H groups in total. The summed E-state index contributed by atoms with van der Waals surface area (Å²) >= 11 is 0. The van der Waals surface area contributed by atoms with Crippen molar-refractivity contribution in [2.24, 2.45) is 17.3 Å². The van der Waals surface area contributed by atoms with E-state index in [4.69, 9.17) is 0 Å². The van der Waals surface area contributed by atoms with Gasteiger partial charge >= 0.3 is 0 Å². The number of carbonyl (C=O) groups is 2. The first-order chi connectivity index (χ1) is 17.0. The second-order valence-electron chi connectivity index (χ2n) is 12.2. The molecule has 3 rings (SSSR count). The van der Waals surface area contributed by atoms with Crippen LogP contribution in [0.5, 0.6) is 0 Å². The van der Waals surface area contributed by atoms with E-state index < -0.39 is 0 Å². The smallest absolute Gasteiger partial charge is 0.243 e. The quantitative estimate of drug-likeness (QED) is 0.359. The van der Waals surface area contributed by atoms with Crippen molar-refractivity contribution in [2.45, 2.75) is 99.1 Å². The lowest BCUT2D eigenvalue weighted by molar-refractivity contribution is -0.124. The minimum Gasteiger partial charge on any atom is -0.394 e. The van der Waals surface area contributed by atoms with Crippen molar-refractivity contribution in [2.75, 3.05) is 18.1 Å². The number of aliphatic hydroxyl groups excluding tert-OH is 1. The monoisotopic (exact) mass is 497 g/mol. The van der Waals surface area contributed by atoms with Gasteiger partial charge in [-0.25, -0.2) is 0 Å². The molecule has 2 aromatic rings. The summed E-state index contributed by atoms with van der Waals surface area (Å²) in [5.41, 5.74) is 3.47. The lowest BCUT2D eigenvalue weighted by atomic mass is 9.87. The predicted octanol–water partition coefficient (Wildman–Crippen LogP) is 5.87. The molecule has 6 nitrogen and oxygen atoms in total. The van der Waals surface area contributed by atoms with Gasteiger partial charge in [0.25, 0.3) is 0 Å². The number of rotatable bonds is 10. The number of benzene rings is 1. The van der Waals surface area contributed by atoms with Crippen molar-refractivity contribution >= 4 is 28.3 Å². The molecule has 1 amide bonds. The number of aromatic nitrogens is 1. The first-order valence-electron chi connectivity index (χ1n) is 13.8. The number of hydrogen-bond acceptors (Lipinski definition) is 4. The van der Waals surface area contributed by atoms with Crippen molar-refractivity contribution in [3.63, 3.8) is 0 Å². The molecule has 2 heterocycles. The maximum Gasteiger partial charge on any atom is 0.243 e. The van der Waals surface area contributed by atoms with E-state index in [1.807, 2.05) is 12.3 Å². The first kappa shape index (κ1) is 28.2. The molecule has 1 aromatic heterocycles. The second kappa shape index (κ2) is 11.8. The summed E-state index contributed by atoms with van der Waals surface area (Å²) in [7, 11) is 0. The molecular formula is C30H47N3O3. The van der Waals surface area contributed by atoms with Crippen LogP contribution in [0.3, 0.4) is 0 Å². The number of Topliss-reactive ketones (excluding diaryl/α,β-unsaturated/α-hetero) is 1. The molecule has 36 heavy (non-hydrogen) atoms. The number of aromatic amines is 1. The summed E-state index contributed by atoms with van der Waals surface area (Å²) in [6.45, 7) is 15.5. The number of nitrogens with zero attached hydrogens (tertiary/aromatic N) is 1. The van der Waals surface area contributed by atoms with E-state index in [2.05, 4.69) is 69.7 Å². The lowest BCUT2D eigenvalue weighted by Gasteiger charge is -2.38. The summed E-state index contributed by atoms with van der Waals surface area (Å²) in [5, 5.41) is 14.3. The maximum atomic E-state index is 13.6. The van der Waals surface area contributed by atoms with Gasteiger partial charge in [-0.05, 0) is 47.8 Å². The summed E-state index contributed by atoms with van der Waals surface area (Å²) in [4.78, 5) is 32.7. The number of ketones is 1. The van der Waals surface area contributed by atoms with Crippen molar-refractivity contribution in [3.8, 4) is 0 Å². The van der Waals surface area contributed by atoms with Gasteiger partial charge < -0.3 is 20.3 Å². The summed E-state index contributed by atoms with van der Waals surface area (Å²) < 4.78 is 0. The van der Waals surface area contributed by atoms with Crippen LogP contribution in [0.15, 0.2) is 18.3 Å². The summed E-state index contributed by atoms with van der Waals surface area (Å²) in [6.07, 6.45) is 7.43. The highest BCUT2D eigenvalue weighted by molar-refractivity contribution is 6.11. The third kappa shape index (κ3) is 6.31. The van der Waals surface area contributed by atoms with Crippen LogP contribution in [0.2, 0.25) is 0 Å². The number of hydrogen-bond donors (Lipinski definition) is 3. The van der Waals surface area contributed by atoms with Gasteiger partial charge in [0.1, 0.15) is 6.04 Å². The average molecular weight is 498 g/mol. The Balaban J connectivity index is 2.23. The van der Waals surface area contributed by atoms with Gasteiger partial charge in [-0.15, -0.1) is 0 Å². The van der Waals surface area contributed by atoms with E-state index in [9.17, 15) is 14.7 Å². The van der Waals surface area contributed by atoms with Crippen molar-refractivity contribution in [1.29, 1.82) is 0 Å². The molecule has 0 spiro atoms. The molecule has 1 aliphatic heterocycles. The van der Waals surface area contributed by atoms with Crippen molar-refractivity contribution in [3.05, 3.63) is 29.5 Å². The maximum absolute atomic E-state index is 13.6. The topological polar surface area (TPSA) is 85.4 Å². The minimum atomic E-state index is -0.374. The molecule has 3 atom stereocenters. The fourth-order valence-electron chi connectivity index (χ4n) is 5.58. The molecular weight excluding hydrogens is 450 g/mol. The van der Waals surface area contributed by atoms with Gasteiger partial charge in [0.15, 0.2) is 5.78 Å². The molecule has 0 bridgehead atoms. The van der Waals surface area contributed by atoms with Crippen LogP contribution in [0, 0.1) is 17.3 Å². The van der Waals surface area contributed by atoms with Gasteiger partial charge in [0.2, 0.25) is 5.91 Å². The zero-order valence-electron chi connectivity index (χ0n) is 23.4. The van der Waals surface area contributed by atoms with Gasteiger partial charge in [-0.1, -0.05) is 67.7 Å². The van der Waals surface area contributed by atoms with Crippen LogP contribution in [0.1, 0.15) is 96.5 Å². The predicted molar refractivity (Wildman–Crippen MR) is 149 cm³/mol. The van der Waals surface area contributed by atoms with E-state index in [0.717, 1.165) is 48.0 Å². The van der Waals surface area contributed by atoms with Crippen LogP contribution in [-0.4, -0.2) is 47.0 Å². The van der Waals surface area contributed by atoms with Crippen LogP contribution in [-0.2, 0) is 11.2 Å². The highest BCUT2D eigenvalue weighted by Crippen LogP contribution is 2.38. The van der Waals surface area contributed by atoms with Crippen LogP contribution in [0.4, 0.5) is 5.69 Å². The minimum absolute atomic E-state index is 0.0374. The highest BCUT2D eigenvalue weighted by Gasteiger charge is 2.35. The fraction of sp³-hybridized carbons (Fsp3) is 0.667. The number of amides is 1. The Kier molecular flexibility index (Phi) is 9.26. The number of carbonyl (C=O) groups excluding carboxylic acids is 2. The Labute approximate surface area is 217 Å². The molecule has 1 aromatic carbocycles. The van der Waals surface area contributed by atoms with Crippen LogP contribution >= 0.6 is 0 Å². The zero-order valence-corrected chi connectivity index (χ0v) is 23.4. The average Bonchev–Trinajstić information content (AvgIpc) is 3.23. The van der Waals surface area contributed by atoms with Gasteiger partial charge in [-0.2, -0.15) is 0 Å². The summed E-state index contributed by atoms with van der Waals surface area (Å²) in [6, 6.07) is 3.27. The highest BCUT2D eigenvalue weighted by atomic mass is 16.3. The van der Waals surface area contributed by atoms with E-state index in [1.54, 1.807) is 0 Å². The Morgan fingerprint density at radius 3 is 2.53 bits per heavy atom. The molecule has 6 heteroatoms. The van der Waals surface area contributed by atoms with Gasteiger partial charge in [0, 0.05) is 35.8 Å². The lowest BCUT2D eigenvalue weighted by Crippen LogP contribution is -2.54. The summed E-state index contributed by atoms with van der Waals surface area (Å²) in [5.74, 6) is 0.625. The molecule has 0 radical (unpaired) electrons. The standard InChI is InChI=1S/C30H47N3O3/c1-8-10-11-20(9-2)17-33-24-13-12-23(25(35)15-30(5,6)7)27-26(24)21(16-31-27)14-22(18-34)32-29(36)28(33)19(3)4/h12-13,16,19-20,22,28,31,34H,8-11,14-15,17-18H2,1-7H3,(H,32,36)/t20?,22-,28-/m0/s1. The van der Waals surface area contributed by atoms with Crippen molar-refractivity contribution in [1.82, 2.24) is 10.3 Å². The van der Waals surface area contributed by atoms with Crippen LogP contribution < -0.4 is 10.2 Å². The van der Waals surface area contributed by atoms with E-state index in [1.165, 1.54) is 6.42 Å². The van der Waals surface area contributed by atoms with Crippen LogP contribution in [0.25, 0.3) is 10.9 Å². The second-order valence-corrected chi connectivity index (χ2v) is 12.2. The Bertz CT molecular complexity index is 1050. The number of unbranched alkanes of at least 4 members (excludes halogenated alkanes) is 1. The Morgan fingerprint density at radius 2 is 1.94 bits per heavy atom. The number of anilines is 1. The molecule has 1 unspecified atom stereocenters. The first-order valence-corrected chi connectivity index (χ1v) is 13.8. The van der Waals surface area contributed by atoms with Crippen molar-refractivity contribution < 1.29 is 14.7 Å². The molecule has 0 saturated carbocycles. The third-order valence-corrected chi connectivity index (χ3v) is 7.46. The molecule has 0 aliphatic carbocycles. The normalized spacial score (nSPS) is 19.7. The Morgan fingerprint density at radius 1 is 1.22 bits per heavy atom. The van der Waals surface area contributed by atoms with Gasteiger partial charge in [0.05, 0.1) is 18.2 Å². The third-order valence-electron chi connectivity index (χ3n) is 7.46.